The maximum atomic E-state index is 6.41. The van der Waals surface area contributed by atoms with E-state index in [0.717, 1.165) is 29.5 Å². The van der Waals surface area contributed by atoms with E-state index in [1.807, 2.05) is 23.9 Å². The number of nitrogens with zero attached hydrogens (tertiary/aromatic N) is 2. The molecule has 0 aliphatic heterocycles. The van der Waals surface area contributed by atoms with E-state index in [1.165, 1.54) is 23.9 Å². The molecule has 1 heterocycles. The molecule has 0 N–H and O–H groups in total. The van der Waals surface area contributed by atoms with Crippen molar-refractivity contribution in [3.8, 4) is 11.1 Å². The Kier molecular flexibility index (Phi) is 7.57. The van der Waals surface area contributed by atoms with Crippen molar-refractivity contribution in [2.24, 2.45) is 7.05 Å². The molecule has 0 aliphatic rings. The number of aromatic nitrogens is 2. The van der Waals surface area contributed by atoms with Crippen molar-refractivity contribution in [1.29, 1.82) is 0 Å². The Morgan fingerprint density at radius 3 is 2.62 bits per heavy atom. The van der Waals surface area contributed by atoms with E-state index in [2.05, 4.69) is 37.3 Å². The van der Waals surface area contributed by atoms with Gasteiger partial charge in [-0.2, -0.15) is 5.10 Å². The highest BCUT2D eigenvalue weighted by atomic mass is 35.5. The van der Waals surface area contributed by atoms with E-state index < -0.39 is 0 Å². The Bertz CT molecular complexity index is 913. The number of hydrogen-bond acceptors (Lipinski definition) is 1. The summed E-state index contributed by atoms with van der Waals surface area (Å²) in [7, 11) is 2.00. The lowest BCUT2D eigenvalue weighted by molar-refractivity contribution is 0.737. The normalized spacial score (nSPS) is 11.2. The van der Waals surface area contributed by atoms with Gasteiger partial charge in [0.2, 0.25) is 0 Å². The van der Waals surface area contributed by atoms with Gasteiger partial charge in [-0.1, -0.05) is 79.4 Å². The van der Waals surface area contributed by atoms with Crippen molar-refractivity contribution in [3.05, 3.63) is 64.3 Å². The van der Waals surface area contributed by atoms with Crippen LogP contribution < -0.4 is 0 Å². The van der Waals surface area contributed by atoms with Crippen LogP contribution in [-0.2, 0) is 13.5 Å². The lowest BCUT2D eigenvalue weighted by atomic mass is 10.0. The zero-order valence-corrected chi connectivity index (χ0v) is 17.3. The molecule has 138 valence electrons. The highest BCUT2D eigenvalue weighted by Crippen LogP contribution is 2.35. The van der Waals surface area contributed by atoms with E-state index in [1.54, 1.807) is 6.07 Å². The number of allylic oxidation sites excluding steroid dienone is 2. The van der Waals surface area contributed by atoms with Crippen molar-refractivity contribution in [2.75, 3.05) is 0 Å². The molecule has 3 aromatic rings. The summed E-state index contributed by atoms with van der Waals surface area (Å²) in [5, 5.41) is 7.22. The van der Waals surface area contributed by atoms with E-state index in [4.69, 9.17) is 28.3 Å². The van der Waals surface area contributed by atoms with Crippen LogP contribution in [0.5, 0.6) is 0 Å². The minimum absolute atomic E-state index is 0. The van der Waals surface area contributed by atoms with E-state index in [9.17, 15) is 0 Å². The van der Waals surface area contributed by atoms with Gasteiger partial charge in [0.1, 0.15) is 5.52 Å². The first-order valence-electron chi connectivity index (χ1n) is 8.66. The molecule has 5 heteroatoms. The third-order valence-corrected chi connectivity index (χ3v) is 4.96. The van der Waals surface area contributed by atoms with Gasteiger partial charge in [-0.3, -0.25) is 4.68 Å². The summed E-state index contributed by atoms with van der Waals surface area (Å²) in [6, 6.07) is 11.8. The Morgan fingerprint density at radius 2 is 1.88 bits per heavy atom. The van der Waals surface area contributed by atoms with Crippen LogP contribution in [0.15, 0.2) is 48.6 Å². The van der Waals surface area contributed by atoms with Crippen molar-refractivity contribution in [3.63, 3.8) is 0 Å². The smallest absolute Gasteiger partial charge is 0.100 e. The number of fused-ring (bicyclic) bond motifs is 1. The molecule has 3 rings (SSSR count). The van der Waals surface area contributed by atoms with Crippen LogP contribution in [0.1, 0.15) is 31.9 Å². The molecule has 0 fully saturated rings. The molecule has 0 spiro atoms. The van der Waals surface area contributed by atoms with Gasteiger partial charge in [0.05, 0.1) is 0 Å². The van der Waals surface area contributed by atoms with Gasteiger partial charge in [-0.25, -0.2) is 0 Å². The predicted molar refractivity (Wildman–Crippen MR) is 116 cm³/mol. The summed E-state index contributed by atoms with van der Waals surface area (Å²) >= 11 is 12.4. The van der Waals surface area contributed by atoms with Crippen LogP contribution in [0.25, 0.3) is 22.0 Å². The largest absolute Gasteiger partial charge is 0.271 e. The number of rotatable bonds is 6. The number of halogens is 3. The first-order valence-corrected chi connectivity index (χ1v) is 9.42. The molecule has 2 aromatic carbocycles. The molecule has 0 saturated carbocycles. The van der Waals surface area contributed by atoms with Gasteiger partial charge in [-0.05, 0) is 18.6 Å². The van der Waals surface area contributed by atoms with Crippen molar-refractivity contribution < 1.29 is 0 Å². The Morgan fingerprint density at radius 1 is 1.08 bits per heavy atom. The first-order chi connectivity index (χ1) is 12.1. The van der Waals surface area contributed by atoms with Crippen LogP contribution in [0.4, 0.5) is 0 Å². The fourth-order valence-electron chi connectivity index (χ4n) is 3.07. The Hall–Kier alpha value is -1.48. The number of unbranched alkanes of at least 4 members (excludes halogenated alkanes) is 2. The monoisotopic (exact) mass is 408 g/mol. The molecule has 0 aliphatic carbocycles. The number of hydrogen-bond donors (Lipinski definition) is 0. The second kappa shape index (κ2) is 9.45. The topological polar surface area (TPSA) is 17.8 Å². The maximum absolute atomic E-state index is 6.41. The molecule has 0 atom stereocenters. The molecular weight excluding hydrogens is 387 g/mol. The SMILES string of the molecule is CCCCC=CCc1c2cccc(-c3ccc(Cl)cc3Cl)c2nn1C.Cl. The maximum Gasteiger partial charge on any atom is 0.100 e. The second-order valence-corrected chi connectivity index (χ2v) is 7.06. The lowest BCUT2D eigenvalue weighted by Crippen LogP contribution is -1.96. The zero-order valence-electron chi connectivity index (χ0n) is 15.0. The molecule has 1 aromatic heterocycles. The Labute approximate surface area is 171 Å². The van der Waals surface area contributed by atoms with Crippen LogP contribution in [0, 0.1) is 0 Å². The number of aryl methyl sites for hydroxylation is 1. The predicted octanol–water partition coefficient (Wildman–Crippen LogP) is 7.26. The van der Waals surface area contributed by atoms with Crippen LogP contribution in [0.2, 0.25) is 10.0 Å². The van der Waals surface area contributed by atoms with Crippen LogP contribution >= 0.6 is 35.6 Å². The summed E-state index contributed by atoms with van der Waals surface area (Å²) in [6.45, 7) is 2.21. The minimum atomic E-state index is 0. The average molecular weight is 410 g/mol. The highest BCUT2D eigenvalue weighted by molar-refractivity contribution is 6.36. The van der Waals surface area contributed by atoms with Gasteiger partial charge in [-0.15, -0.1) is 12.4 Å². The molecule has 0 unspecified atom stereocenters. The lowest BCUT2D eigenvalue weighted by Gasteiger charge is -2.06. The van der Waals surface area contributed by atoms with Crippen molar-refractivity contribution >= 4 is 46.5 Å². The molecule has 0 saturated heterocycles. The fourth-order valence-corrected chi connectivity index (χ4v) is 3.58. The number of benzene rings is 2. The summed E-state index contributed by atoms with van der Waals surface area (Å²) in [6.07, 6.45) is 8.99. The van der Waals surface area contributed by atoms with Crippen LogP contribution in [-0.4, -0.2) is 9.78 Å². The highest BCUT2D eigenvalue weighted by Gasteiger charge is 2.14. The van der Waals surface area contributed by atoms with Gasteiger partial charge in [0.25, 0.3) is 0 Å². The van der Waals surface area contributed by atoms with E-state index in [0.29, 0.717) is 10.0 Å². The average Bonchev–Trinajstić information content (AvgIpc) is 2.91. The summed E-state index contributed by atoms with van der Waals surface area (Å²) in [5.74, 6) is 0. The standard InChI is InChI=1S/C21H22Cl2N2.ClH/c1-3-4-5-6-7-11-20-18-10-8-9-17(21(18)24-25(20)2)16-13-12-15(22)14-19(16)23;/h6-10,12-14H,3-5,11H2,1-2H3;1H. The van der Waals surface area contributed by atoms with Gasteiger partial charge in [0, 0.05) is 45.7 Å². The summed E-state index contributed by atoms with van der Waals surface area (Å²) < 4.78 is 1.97. The summed E-state index contributed by atoms with van der Waals surface area (Å²) in [4.78, 5) is 0. The molecule has 26 heavy (non-hydrogen) atoms. The Balaban J connectivity index is 0.00000243. The van der Waals surface area contributed by atoms with Crippen molar-refractivity contribution in [1.82, 2.24) is 9.78 Å². The molecule has 0 amide bonds. The summed E-state index contributed by atoms with van der Waals surface area (Å²) in [5.41, 5.74) is 4.19. The fraction of sp³-hybridized carbons (Fsp3) is 0.286. The second-order valence-electron chi connectivity index (χ2n) is 6.21. The third-order valence-electron chi connectivity index (χ3n) is 4.41. The quantitative estimate of drug-likeness (QED) is 0.309. The van der Waals surface area contributed by atoms with Crippen molar-refractivity contribution in [2.45, 2.75) is 32.6 Å². The van der Waals surface area contributed by atoms with E-state index in [-0.39, 0.29) is 12.4 Å². The van der Waals surface area contributed by atoms with Gasteiger partial charge < -0.3 is 0 Å². The molecular formula is C21H23Cl3N2. The third kappa shape index (κ3) is 4.43. The first kappa shape index (κ1) is 20.8. The zero-order chi connectivity index (χ0) is 17.8. The molecule has 2 nitrogen and oxygen atoms in total. The molecule has 0 radical (unpaired) electrons. The minimum Gasteiger partial charge on any atom is -0.271 e. The van der Waals surface area contributed by atoms with Gasteiger partial charge >= 0.3 is 0 Å². The van der Waals surface area contributed by atoms with Crippen LogP contribution in [0.3, 0.4) is 0 Å². The molecule has 0 bridgehead atoms. The van der Waals surface area contributed by atoms with E-state index >= 15 is 0 Å². The van der Waals surface area contributed by atoms with Gasteiger partial charge in [0.15, 0.2) is 0 Å².